The molecule has 0 saturated heterocycles. The van der Waals surface area contributed by atoms with Gasteiger partial charge < -0.3 is 9.13 Å². The highest BCUT2D eigenvalue weighted by atomic mass is 15.0. The normalized spacial score (nSPS) is 11.5. The van der Waals surface area contributed by atoms with Gasteiger partial charge in [0.25, 0.3) is 0 Å². The van der Waals surface area contributed by atoms with Gasteiger partial charge in [-0.15, -0.1) is 0 Å². The SMILES string of the molecule is c1ccc(-c2c(-c3ccccc3)n(-c3ccc(-c4ccccn4)cc3)c3c2ccc2c3c3ccncc3n2-c2cccc(-c3ccccn3)c2)cc1. The molecule has 5 aromatic carbocycles. The molecule has 0 atom stereocenters. The molecule has 0 aliphatic heterocycles. The fraction of sp³-hybridized carbons (Fsp3) is 0. The number of benzene rings is 5. The monoisotopic (exact) mass is 665 g/mol. The molecule has 0 unspecified atom stereocenters. The Morgan fingerprint density at radius 3 is 1.79 bits per heavy atom. The van der Waals surface area contributed by atoms with E-state index in [-0.39, 0.29) is 0 Å². The molecule has 10 aromatic rings. The molecule has 0 spiro atoms. The Labute approximate surface area is 300 Å². The van der Waals surface area contributed by atoms with Crippen molar-refractivity contribution in [3.8, 4) is 56.3 Å². The number of aromatic nitrogens is 5. The lowest BCUT2D eigenvalue weighted by Crippen LogP contribution is -1.98. The molecular weight excluding hydrogens is 635 g/mol. The smallest absolute Gasteiger partial charge is 0.0725 e. The summed E-state index contributed by atoms with van der Waals surface area (Å²) < 4.78 is 4.81. The van der Waals surface area contributed by atoms with Crippen LogP contribution in [0.15, 0.2) is 189 Å². The summed E-state index contributed by atoms with van der Waals surface area (Å²) in [5.41, 5.74) is 14.1. The maximum atomic E-state index is 4.65. The van der Waals surface area contributed by atoms with Crippen molar-refractivity contribution in [1.29, 1.82) is 0 Å². The van der Waals surface area contributed by atoms with Crippen molar-refractivity contribution in [3.05, 3.63) is 189 Å². The molecule has 0 N–H and O–H groups in total. The highest BCUT2D eigenvalue weighted by Crippen LogP contribution is 2.47. The Hall–Kier alpha value is -7.11. The van der Waals surface area contributed by atoms with Crippen LogP contribution in [0.1, 0.15) is 0 Å². The Balaban J connectivity index is 1.34. The maximum absolute atomic E-state index is 4.65. The van der Waals surface area contributed by atoms with Crippen LogP contribution in [0, 0.1) is 0 Å². The summed E-state index contributed by atoms with van der Waals surface area (Å²) in [7, 11) is 0. The van der Waals surface area contributed by atoms with E-state index < -0.39 is 0 Å². The predicted octanol–water partition coefficient (Wildman–Crippen LogP) is 11.6. The van der Waals surface area contributed by atoms with Gasteiger partial charge in [-0.1, -0.05) is 103 Å². The van der Waals surface area contributed by atoms with E-state index >= 15 is 0 Å². The minimum absolute atomic E-state index is 0.939. The second-order valence-corrected chi connectivity index (χ2v) is 12.9. The van der Waals surface area contributed by atoms with Crippen LogP contribution in [0.25, 0.3) is 89.0 Å². The quantitative estimate of drug-likeness (QED) is 0.178. The molecule has 0 aliphatic rings. The molecule has 244 valence electrons. The Kier molecular flexibility index (Phi) is 7.07. The van der Waals surface area contributed by atoms with E-state index in [0.717, 1.165) is 67.1 Å². The number of fused-ring (bicyclic) bond motifs is 5. The highest BCUT2D eigenvalue weighted by molar-refractivity contribution is 6.24. The topological polar surface area (TPSA) is 48.5 Å². The van der Waals surface area contributed by atoms with Crippen LogP contribution in [-0.2, 0) is 0 Å². The van der Waals surface area contributed by atoms with Crippen molar-refractivity contribution in [2.75, 3.05) is 0 Å². The first kappa shape index (κ1) is 29.8. The molecule has 0 bridgehead atoms. The van der Waals surface area contributed by atoms with E-state index in [1.54, 1.807) is 0 Å². The van der Waals surface area contributed by atoms with Gasteiger partial charge in [0.1, 0.15) is 0 Å². The van der Waals surface area contributed by atoms with Gasteiger partial charge in [0.05, 0.1) is 39.8 Å². The second-order valence-electron chi connectivity index (χ2n) is 12.9. The molecule has 0 radical (unpaired) electrons. The molecule has 0 amide bonds. The standard InChI is InChI=1S/C47H31N5/c1-3-12-33(13-4-1)44-39-24-25-42-45(38-26-29-48-31-43(38)51(42)37-17-11-16-35(30-37)41-19-8-10-28-50-41)47(39)52(46(44)34-14-5-2-6-15-34)36-22-20-32(21-23-36)40-18-7-9-27-49-40/h1-31H. The van der Waals surface area contributed by atoms with Gasteiger partial charge in [-0.05, 0) is 71.8 Å². The fourth-order valence-electron chi connectivity index (χ4n) is 7.68. The summed E-state index contributed by atoms with van der Waals surface area (Å²) >= 11 is 0. The zero-order valence-corrected chi connectivity index (χ0v) is 28.1. The lowest BCUT2D eigenvalue weighted by molar-refractivity contribution is 1.14. The van der Waals surface area contributed by atoms with Crippen LogP contribution in [0.5, 0.6) is 0 Å². The van der Waals surface area contributed by atoms with Crippen molar-refractivity contribution in [3.63, 3.8) is 0 Å². The first-order valence-corrected chi connectivity index (χ1v) is 17.4. The molecular formula is C47H31N5. The summed E-state index contributed by atoms with van der Waals surface area (Å²) in [4.78, 5) is 13.9. The van der Waals surface area contributed by atoms with Crippen LogP contribution in [0.3, 0.4) is 0 Å². The van der Waals surface area contributed by atoms with Gasteiger partial charge in [-0.25, -0.2) is 0 Å². The summed E-state index contributed by atoms with van der Waals surface area (Å²) in [6.45, 7) is 0. The summed E-state index contributed by atoms with van der Waals surface area (Å²) in [5, 5.41) is 3.50. The zero-order valence-electron chi connectivity index (χ0n) is 28.1. The van der Waals surface area contributed by atoms with Gasteiger partial charge in [-0.3, -0.25) is 15.0 Å². The lowest BCUT2D eigenvalue weighted by Gasteiger charge is -2.14. The zero-order chi connectivity index (χ0) is 34.4. The first-order valence-electron chi connectivity index (χ1n) is 17.4. The number of hydrogen-bond donors (Lipinski definition) is 0. The number of nitrogens with zero attached hydrogens (tertiary/aromatic N) is 5. The van der Waals surface area contributed by atoms with Crippen molar-refractivity contribution < 1.29 is 0 Å². The van der Waals surface area contributed by atoms with E-state index in [4.69, 9.17) is 0 Å². The van der Waals surface area contributed by atoms with Gasteiger partial charge in [0.2, 0.25) is 0 Å². The van der Waals surface area contributed by atoms with E-state index in [1.165, 1.54) is 21.9 Å². The molecule has 5 heterocycles. The molecule has 5 heteroatoms. The summed E-state index contributed by atoms with van der Waals surface area (Å²) in [6, 6.07) is 57.8. The van der Waals surface area contributed by atoms with Gasteiger partial charge in [0, 0.05) is 62.8 Å². The third-order valence-electron chi connectivity index (χ3n) is 9.92. The first-order chi connectivity index (χ1) is 25.8. The number of pyridine rings is 3. The molecule has 10 rings (SSSR count). The largest absolute Gasteiger partial charge is 0.308 e. The van der Waals surface area contributed by atoms with E-state index in [9.17, 15) is 0 Å². The molecule has 52 heavy (non-hydrogen) atoms. The van der Waals surface area contributed by atoms with Crippen molar-refractivity contribution in [1.82, 2.24) is 24.1 Å². The van der Waals surface area contributed by atoms with Crippen LogP contribution in [-0.4, -0.2) is 24.1 Å². The minimum atomic E-state index is 0.939. The third-order valence-corrected chi connectivity index (χ3v) is 9.92. The number of hydrogen-bond acceptors (Lipinski definition) is 3. The minimum Gasteiger partial charge on any atom is -0.308 e. The fourth-order valence-corrected chi connectivity index (χ4v) is 7.68. The van der Waals surface area contributed by atoms with Gasteiger partial charge in [0.15, 0.2) is 0 Å². The molecule has 0 aliphatic carbocycles. The second kappa shape index (κ2) is 12.3. The third kappa shape index (κ3) is 4.83. The average Bonchev–Trinajstić information content (AvgIpc) is 3.76. The summed E-state index contributed by atoms with van der Waals surface area (Å²) in [6.07, 6.45) is 7.57. The number of rotatable bonds is 6. The molecule has 0 fully saturated rings. The predicted molar refractivity (Wildman–Crippen MR) is 213 cm³/mol. The van der Waals surface area contributed by atoms with Crippen LogP contribution in [0.2, 0.25) is 0 Å². The van der Waals surface area contributed by atoms with Gasteiger partial charge in [-0.2, -0.15) is 0 Å². The van der Waals surface area contributed by atoms with Crippen LogP contribution in [0.4, 0.5) is 0 Å². The van der Waals surface area contributed by atoms with Crippen molar-refractivity contribution in [2.24, 2.45) is 0 Å². The highest BCUT2D eigenvalue weighted by Gasteiger charge is 2.26. The van der Waals surface area contributed by atoms with E-state index in [2.05, 4.69) is 164 Å². The summed E-state index contributed by atoms with van der Waals surface area (Å²) in [5.74, 6) is 0. The molecule has 5 nitrogen and oxygen atoms in total. The van der Waals surface area contributed by atoms with E-state index in [0.29, 0.717) is 0 Å². The Bertz CT molecular complexity index is 2860. The van der Waals surface area contributed by atoms with Crippen LogP contribution >= 0.6 is 0 Å². The van der Waals surface area contributed by atoms with Crippen molar-refractivity contribution in [2.45, 2.75) is 0 Å². The maximum Gasteiger partial charge on any atom is 0.0725 e. The molecule has 0 saturated carbocycles. The van der Waals surface area contributed by atoms with E-state index in [1.807, 2.05) is 49.1 Å². The molecule has 5 aromatic heterocycles. The van der Waals surface area contributed by atoms with Crippen LogP contribution < -0.4 is 0 Å². The Morgan fingerprint density at radius 1 is 0.404 bits per heavy atom. The average molecular weight is 666 g/mol. The Morgan fingerprint density at radius 2 is 1.08 bits per heavy atom. The van der Waals surface area contributed by atoms with Crippen molar-refractivity contribution >= 4 is 32.7 Å². The lowest BCUT2D eigenvalue weighted by atomic mass is 9.97. The van der Waals surface area contributed by atoms with Gasteiger partial charge >= 0.3 is 0 Å².